The minimum absolute atomic E-state index is 0.458. The number of aromatic nitrogens is 3. The lowest BCUT2D eigenvalue weighted by Crippen LogP contribution is -1.99. The van der Waals surface area contributed by atoms with Gasteiger partial charge in [-0.15, -0.1) is 0 Å². The summed E-state index contributed by atoms with van der Waals surface area (Å²) in [6.07, 6.45) is 0. The van der Waals surface area contributed by atoms with E-state index in [1.54, 1.807) is 6.07 Å². The van der Waals surface area contributed by atoms with E-state index < -0.39 is 0 Å². The molecule has 5 heteroatoms. The molecule has 0 spiro atoms. The molecule has 0 unspecified atom stereocenters. The van der Waals surface area contributed by atoms with Crippen molar-refractivity contribution < 1.29 is 0 Å². The van der Waals surface area contributed by atoms with Gasteiger partial charge < -0.3 is 13.7 Å². The van der Waals surface area contributed by atoms with E-state index in [-0.39, 0.29) is 0 Å². The SMILES string of the molecule is N#Cc1cc(C#N)cc(-c2ccc(-n3c4ccc(-n5c6ccccc6c6ccccc65)cc4c4cc(-n5c6ccccc6c6ccccc65)ccc43)c(-c3ccccc3)c2)c1. The molecule has 0 N–H and O–H groups in total. The quantitative estimate of drug-likeness (QED) is 0.175. The molecule has 0 aliphatic heterocycles. The number of hydrogen-bond acceptors (Lipinski definition) is 2. The van der Waals surface area contributed by atoms with Crippen LogP contribution in [0, 0.1) is 22.7 Å². The minimum atomic E-state index is 0.458. The van der Waals surface area contributed by atoms with Crippen molar-refractivity contribution in [2.75, 3.05) is 0 Å². The summed E-state index contributed by atoms with van der Waals surface area (Å²) in [6.45, 7) is 0. The van der Waals surface area contributed by atoms with E-state index in [1.165, 1.54) is 43.6 Å². The van der Waals surface area contributed by atoms with Gasteiger partial charge in [0.15, 0.2) is 0 Å². The van der Waals surface area contributed by atoms with Crippen LogP contribution in [0.3, 0.4) is 0 Å². The molecule has 0 radical (unpaired) electrons. The van der Waals surface area contributed by atoms with Gasteiger partial charge in [-0.3, -0.25) is 0 Å². The van der Waals surface area contributed by atoms with Crippen molar-refractivity contribution >= 4 is 65.4 Å². The van der Waals surface area contributed by atoms with E-state index in [0.717, 1.165) is 61.1 Å². The predicted octanol–water partition coefficient (Wildman–Crippen LogP) is 14.1. The summed E-state index contributed by atoms with van der Waals surface area (Å²) in [4.78, 5) is 0. The Balaban J connectivity index is 1.17. The molecule has 0 aliphatic rings. The summed E-state index contributed by atoms with van der Waals surface area (Å²) in [7, 11) is 0. The van der Waals surface area contributed by atoms with Gasteiger partial charge in [-0.2, -0.15) is 10.5 Å². The second-order valence-electron chi connectivity index (χ2n) is 15.6. The van der Waals surface area contributed by atoms with Crippen LogP contribution in [0.1, 0.15) is 11.1 Å². The summed E-state index contributed by atoms with van der Waals surface area (Å²) in [5.41, 5.74) is 14.8. The molecular weight excluding hydrogens is 743 g/mol. The normalized spacial score (nSPS) is 11.6. The maximum Gasteiger partial charge on any atom is 0.0992 e. The van der Waals surface area contributed by atoms with Crippen LogP contribution >= 0.6 is 0 Å². The second kappa shape index (κ2) is 13.5. The van der Waals surface area contributed by atoms with Gasteiger partial charge in [0.1, 0.15) is 0 Å². The van der Waals surface area contributed by atoms with Crippen molar-refractivity contribution in [3.63, 3.8) is 0 Å². The molecule has 0 fully saturated rings. The average molecular weight is 776 g/mol. The van der Waals surface area contributed by atoms with E-state index >= 15 is 0 Å². The topological polar surface area (TPSA) is 62.4 Å². The second-order valence-corrected chi connectivity index (χ2v) is 15.6. The molecule has 0 bridgehead atoms. The molecule has 0 aliphatic carbocycles. The Morgan fingerprint density at radius 1 is 0.295 bits per heavy atom. The highest BCUT2D eigenvalue weighted by Crippen LogP contribution is 2.42. The van der Waals surface area contributed by atoms with Crippen LogP contribution in [-0.4, -0.2) is 13.7 Å². The Morgan fingerprint density at radius 3 is 1.18 bits per heavy atom. The summed E-state index contributed by atoms with van der Waals surface area (Å²) >= 11 is 0. The van der Waals surface area contributed by atoms with Gasteiger partial charge >= 0.3 is 0 Å². The molecule has 61 heavy (non-hydrogen) atoms. The maximum atomic E-state index is 9.83. The van der Waals surface area contributed by atoms with Gasteiger partial charge in [-0.25, -0.2) is 0 Å². The third kappa shape index (κ3) is 5.25. The number of rotatable bonds is 5. The largest absolute Gasteiger partial charge is 0.309 e. The fourth-order valence-electron chi connectivity index (χ4n) is 9.62. The van der Waals surface area contributed by atoms with Crippen LogP contribution in [-0.2, 0) is 0 Å². The van der Waals surface area contributed by atoms with Crippen LogP contribution in [0.2, 0.25) is 0 Å². The van der Waals surface area contributed by atoms with Gasteiger partial charge in [0, 0.05) is 49.3 Å². The molecule has 9 aromatic carbocycles. The van der Waals surface area contributed by atoms with Crippen molar-refractivity contribution in [2.24, 2.45) is 0 Å². The van der Waals surface area contributed by atoms with Crippen LogP contribution < -0.4 is 0 Å². The highest BCUT2D eigenvalue weighted by atomic mass is 15.0. The van der Waals surface area contributed by atoms with Crippen LogP contribution in [0.5, 0.6) is 0 Å². The fraction of sp³-hybridized carbons (Fsp3) is 0. The van der Waals surface area contributed by atoms with Crippen molar-refractivity contribution in [3.8, 4) is 51.5 Å². The number of para-hydroxylation sites is 4. The number of nitriles is 2. The first-order valence-electron chi connectivity index (χ1n) is 20.4. The van der Waals surface area contributed by atoms with Gasteiger partial charge in [0.2, 0.25) is 0 Å². The van der Waals surface area contributed by atoms with Crippen LogP contribution in [0.25, 0.3) is 105 Å². The lowest BCUT2D eigenvalue weighted by atomic mass is 9.95. The highest BCUT2D eigenvalue weighted by molar-refractivity contribution is 6.14. The molecule has 0 saturated carbocycles. The molecule has 3 aromatic heterocycles. The molecule has 282 valence electrons. The standard InChI is InChI=1S/C56H33N5/c57-34-36-28-37(35-58)30-40(29-36)39-22-25-54(47(31-39)38-12-2-1-3-13-38)61-55-26-23-41(59-50-18-8-4-14-43(50)44-15-5-9-19-51(44)59)32-48(55)49-33-42(24-27-56(49)61)60-52-20-10-6-16-45(52)46-17-7-11-21-53(46)60/h1-33H. The average Bonchev–Trinajstić information content (AvgIpc) is 3.96. The lowest BCUT2D eigenvalue weighted by Gasteiger charge is -2.17. The number of hydrogen-bond donors (Lipinski definition) is 0. The van der Waals surface area contributed by atoms with E-state index in [2.05, 4.69) is 202 Å². The monoisotopic (exact) mass is 775 g/mol. The van der Waals surface area contributed by atoms with E-state index in [1.807, 2.05) is 18.2 Å². The van der Waals surface area contributed by atoms with Crippen molar-refractivity contribution in [2.45, 2.75) is 0 Å². The van der Waals surface area contributed by atoms with E-state index in [4.69, 9.17) is 0 Å². The smallest absolute Gasteiger partial charge is 0.0992 e. The van der Waals surface area contributed by atoms with E-state index in [0.29, 0.717) is 11.1 Å². The van der Waals surface area contributed by atoms with Crippen LogP contribution in [0.4, 0.5) is 0 Å². The maximum absolute atomic E-state index is 9.83. The lowest BCUT2D eigenvalue weighted by molar-refractivity contribution is 1.16. The zero-order valence-corrected chi connectivity index (χ0v) is 32.8. The Bertz CT molecular complexity index is 3540. The fourth-order valence-corrected chi connectivity index (χ4v) is 9.62. The predicted molar refractivity (Wildman–Crippen MR) is 250 cm³/mol. The first kappa shape index (κ1) is 34.4. The zero-order valence-electron chi connectivity index (χ0n) is 32.8. The first-order valence-corrected chi connectivity index (χ1v) is 20.4. The summed E-state index contributed by atoms with van der Waals surface area (Å²) in [5, 5.41) is 26.9. The molecule has 5 nitrogen and oxygen atoms in total. The number of fused-ring (bicyclic) bond motifs is 9. The van der Waals surface area contributed by atoms with Gasteiger partial charge in [0.25, 0.3) is 0 Å². The summed E-state index contributed by atoms with van der Waals surface area (Å²) in [6, 6.07) is 75.1. The van der Waals surface area contributed by atoms with Gasteiger partial charge in [-0.05, 0) is 108 Å². The van der Waals surface area contributed by atoms with Gasteiger partial charge in [0.05, 0.1) is 62.1 Å². The Hall–Kier alpha value is -8.64. The summed E-state index contributed by atoms with van der Waals surface area (Å²) in [5.74, 6) is 0. The number of benzene rings is 9. The highest BCUT2D eigenvalue weighted by Gasteiger charge is 2.21. The zero-order chi connectivity index (χ0) is 40.6. The Kier molecular flexibility index (Phi) is 7.59. The molecule has 0 amide bonds. The molecule has 3 heterocycles. The molecule has 0 atom stereocenters. The third-order valence-corrected chi connectivity index (χ3v) is 12.3. The molecule has 12 rings (SSSR count). The third-order valence-electron chi connectivity index (χ3n) is 12.3. The summed E-state index contributed by atoms with van der Waals surface area (Å²) < 4.78 is 7.17. The van der Waals surface area contributed by atoms with Gasteiger partial charge in [-0.1, -0.05) is 109 Å². The van der Waals surface area contributed by atoms with Crippen LogP contribution in [0.15, 0.2) is 200 Å². The number of nitrogens with zero attached hydrogens (tertiary/aromatic N) is 5. The van der Waals surface area contributed by atoms with E-state index in [9.17, 15) is 10.5 Å². The Morgan fingerprint density at radius 2 is 0.721 bits per heavy atom. The molecular formula is C56H33N5. The minimum Gasteiger partial charge on any atom is -0.309 e. The van der Waals surface area contributed by atoms with Crippen molar-refractivity contribution in [1.82, 2.24) is 13.7 Å². The first-order chi connectivity index (χ1) is 30.2. The van der Waals surface area contributed by atoms with Crippen molar-refractivity contribution in [3.05, 3.63) is 211 Å². The molecule has 0 saturated heterocycles. The van der Waals surface area contributed by atoms with Crippen molar-refractivity contribution in [1.29, 1.82) is 10.5 Å². The Labute approximate surface area is 351 Å². The molecule has 12 aromatic rings.